The number of carboxylic acids is 1. The molecule has 1 aliphatic heterocycles. The van der Waals surface area contributed by atoms with Crippen molar-refractivity contribution in [3.05, 3.63) is 40.3 Å². The summed E-state index contributed by atoms with van der Waals surface area (Å²) in [5.74, 6) is -1.82. The van der Waals surface area contributed by atoms with Crippen LogP contribution in [0.2, 0.25) is 0 Å². The van der Waals surface area contributed by atoms with Crippen molar-refractivity contribution < 1.29 is 19.4 Å². The van der Waals surface area contributed by atoms with Crippen LogP contribution >= 0.6 is 0 Å². The molecule has 7 nitrogen and oxygen atoms in total. The van der Waals surface area contributed by atoms with Gasteiger partial charge < -0.3 is 9.84 Å². The normalized spacial score (nSPS) is 21.5. The van der Waals surface area contributed by atoms with Crippen LogP contribution in [-0.2, 0) is 9.53 Å². The van der Waals surface area contributed by atoms with Crippen molar-refractivity contribution in [2.75, 3.05) is 0 Å². The number of fused-ring (bicyclic) bond motifs is 1. The zero-order valence-electron chi connectivity index (χ0n) is 11.1. The highest BCUT2D eigenvalue weighted by molar-refractivity contribution is 6.01. The summed E-state index contributed by atoms with van der Waals surface area (Å²) in [7, 11) is 0. The maximum absolute atomic E-state index is 12.4. The molecule has 3 rings (SSSR count). The van der Waals surface area contributed by atoms with Crippen LogP contribution in [0.1, 0.15) is 29.9 Å². The van der Waals surface area contributed by atoms with Gasteiger partial charge in [0.05, 0.1) is 5.39 Å². The van der Waals surface area contributed by atoms with Gasteiger partial charge in [-0.05, 0) is 13.0 Å². The number of hydrogen-bond donors (Lipinski definition) is 1. The molecule has 2 unspecified atom stereocenters. The zero-order chi connectivity index (χ0) is 15.1. The Morgan fingerprint density at radius 3 is 2.57 bits per heavy atom. The van der Waals surface area contributed by atoms with E-state index in [4.69, 9.17) is 4.74 Å². The Kier molecular flexibility index (Phi) is 2.97. The third-order valence-corrected chi connectivity index (χ3v) is 3.47. The maximum atomic E-state index is 12.4. The predicted octanol–water partition coefficient (Wildman–Crippen LogP) is 0.971. The van der Waals surface area contributed by atoms with E-state index < -0.39 is 23.5 Å². The second-order valence-corrected chi connectivity index (χ2v) is 4.95. The van der Waals surface area contributed by atoms with Crippen molar-refractivity contribution in [1.29, 1.82) is 0 Å². The highest BCUT2D eigenvalue weighted by Crippen LogP contribution is 2.25. The monoisotopic (exact) mass is 288 g/mol. The second-order valence-electron chi connectivity index (χ2n) is 4.95. The molecule has 0 radical (unpaired) electrons. The van der Waals surface area contributed by atoms with E-state index in [-0.39, 0.29) is 22.6 Å². The second kappa shape index (κ2) is 4.69. The van der Waals surface area contributed by atoms with Crippen molar-refractivity contribution >= 4 is 22.7 Å². The third-order valence-electron chi connectivity index (χ3n) is 3.47. The first-order valence-electron chi connectivity index (χ1n) is 6.44. The molecule has 0 amide bonds. The standard InChI is InChI=1S/C14H12N2O5/c1-7-6-10(14(20)21-7)16-12(17)9-5-3-2-4-8(9)11(15-16)13(18)19/h2-5,7,10H,6H2,1H3,(H,18,19). The Balaban J connectivity index is 2.29. The Bertz CT molecular complexity index is 811. The van der Waals surface area contributed by atoms with Gasteiger partial charge in [0.25, 0.3) is 5.56 Å². The number of aromatic nitrogens is 2. The number of carboxylic acid groups (broad SMARTS) is 1. The van der Waals surface area contributed by atoms with E-state index >= 15 is 0 Å². The molecule has 0 saturated carbocycles. The van der Waals surface area contributed by atoms with Gasteiger partial charge in [0.15, 0.2) is 11.7 Å². The SMILES string of the molecule is CC1CC(n2nc(C(=O)O)c3ccccc3c2=O)C(=O)O1. The lowest BCUT2D eigenvalue weighted by Crippen LogP contribution is -2.31. The van der Waals surface area contributed by atoms with Gasteiger partial charge in [-0.15, -0.1) is 0 Å². The van der Waals surface area contributed by atoms with Gasteiger partial charge in [-0.1, -0.05) is 18.2 Å². The lowest BCUT2D eigenvalue weighted by Gasteiger charge is -2.11. The van der Waals surface area contributed by atoms with Gasteiger partial charge in [0, 0.05) is 11.8 Å². The molecule has 1 fully saturated rings. The van der Waals surface area contributed by atoms with Crippen LogP contribution < -0.4 is 5.56 Å². The van der Waals surface area contributed by atoms with E-state index in [1.165, 1.54) is 12.1 Å². The molecule has 2 aromatic rings. The third kappa shape index (κ3) is 2.06. The summed E-state index contributed by atoms with van der Waals surface area (Å²) < 4.78 is 5.94. The fourth-order valence-electron chi connectivity index (χ4n) is 2.51. The summed E-state index contributed by atoms with van der Waals surface area (Å²) in [6, 6.07) is 5.43. The summed E-state index contributed by atoms with van der Waals surface area (Å²) >= 11 is 0. The number of nitrogens with zero attached hydrogens (tertiary/aromatic N) is 2. The summed E-state index contributed by atoms with van der Waals surface area (Å²) in [4.78, 5) is 35.6. The molecule has 0 aliphatic carbocycles. The summed E-state index contributed by atoms with van der Waals surface area (Å²) in [6.45, 7) is 1.71. The van der Waals surface area contributed by atoms with E-state index in [1.807, 2.05) is 0 Å². The van der Waals surface area contributed by atoms with E-state index in [0.717, 1.165) is 4.68 Å². The first kappa shape index (κ1) is 13.3. The number of cyclic esters (lactones) is 1. The number of ether oxygens (including phenoxy) is 1. The highest BCUT2D eigenvalue weighted by atomic mass is 16.6. The predicted molar refractivity (Wildman–Crippen MR) is 72.2 cm³/mol. The zero-order valence-corrected chi connectivity index (χ0v) is 11.1. The number of aromatic carboxylic acids is 1. The lowest BCUT2D eigenvalue weighted by molar-refractivity contribution is -0.143. The number of carbonyl (C=O) groups is 2. The van der Waals surface area contributed by atoms with Crippen LogP contribution in [0.15, 0.2) is 29.1 Å². The minimum absolute atomic E-state index is 0.220. The van der Waals surface area contributed by atoms with Crippen molar-refractivity contribution in [1.82, 2.24) is 9.78 Å². The topological polar surface area (TPSA) is 98.5 Å². The Morgan fingerprint density at radius 1 is 1.33 bits per heavy atom. The van der Waals surface area contributed by atoms with E-state index in [9.17, 15) is 19.5 Å². The molecule has 1 N–H and O–H groups in total. The van der Waals surface area contributed by atoms with Crippen molar-refractivity contribution in [3.8, 4) is 0 Å². The molecule has 108 valence electrons. The molecule has 1 saturated heterocycles. The molecule has 21 heavy (non-hydrogen) atoms. The van der Waals surface area contributed by atoms with E-state index in [0.29, 0.717) is 6.42 Å². The Hall–Kier alpha value is -2.70. The van der Waals surface area contributed by atoms with Crippen molar-refractivity contribution in [2.45, 2.75) is 25.5 Å². The van der Waals surface area contributed by atoms with Crippen LogP contribution in [0.25, 0.3) is 10.8 Å². The molecule has 0 bridgehead atoms. The quantitative estimate of drug-likeness (QED) is 0.827. The van der Waals surface area contributed by atoms with Crippen molar-refractivity contribution in [2.24, 2.45) is 0 Å². The fraction of sp³-hybridized carbons (Fsp3) is 0.286. The molecule has 1 aliphatic rings. The Morgan fingerprint density at radius 2 is 2.00 bits per heavy atom. The van der Waals surface area contributed by atoms with Crippen LogP contribution in [0.5, 0.6) is 0 Å². The fourth-order valence-corrected chi connectivity index (χ4v) is 2.51. The lowest BCUT2D eigenvalue weighted by atomic mass is 10.1. The average Bonchev–Trinajstić information content (AvgIpc) is 2.78. The molecule has 7 heteroatoms. The molecular weight excluding hydrogens is 276 g/mol. The highest BCUT2D eigenvalue weighted by Gasteiger charge is 2.35. The van der Waals surface area contributed by atoms with Gasteiger partial charge in [-0.25, -0.2) is 14.3 Å². The van der Waals surface area contributed by atoms with Crippen LogP contribution in [0.3, 0.4) is 0 Å². The number of rotatable bonds is 2. The number of carbonyl (C=O) groups excluding carboxylic acids is 1. The van der Waals surface area contributed by atoms with Gasteiger partial charge in [-0.2, -0.15) is 5.10 Å². The smallest absolute Gasteiger partial charge is 0.357 e. The Labute approximate surface area is 118 Å². The molecule has 0 spiro atoms. The average molecular weight is 288 g/mol. The van der Waals surface area contributed by atoms with E-state index in [2.05, 4.69) is 5.10 Å². The molecular formula is C14H12N2O5. The molecule has 2 heterocycles. The number of benzene rings is 1. The first-order chi connectivity index (χ1) is 9.99. The molecule has 2 atom stereocenters. The van der Waals surface area contributed by atoms with Crippen LogP contribution in [-0.4, -0.2) is 32.9 Å². The van der Waals surface area contributed by atoms with Gasteiger partial charge in [0.1, 0.15) is 6.10 Å². The summed E-state index contributed by atoms with van der Waals surface area (Å²) in [6.07, 6.45) is -0.0284. The van der Waals surface area contributed by atoms with Crippen LogP contribution in [0.4, 0.5) is 0 Å². The van der Waals surface area contributed by atoms with Crippen molar-refractivity contribution in [3.63, 3.8) is 0 Å². The summed E-state index contributed by atoms with van der Waals surface area (Å²) in [5, 5.41) is 13.6. The number of esters is 1. The first-order valence-corrected chi connectivity index (χ1v) is 6.44. The maximum Gasteiger partial charge on any atom is 0.357 e. The minimum atomic E-state index is -1.25. The molecule has 1 aromatic heterocycles. The van der Waals surface area contributed by atoms with E-state index in [1.54, 1.807) is 19.1 Å². The molecule has 1 aromatic carbocycles. The summed E-state index contributed by atoms with van der Waals surface area (Å²) in [5.41, 5.74) is -0.746. The van der Waals surface area contributed by atoms with Gasteiger partial charge >= 0.3 is 11.9 Å². The van der Waals surface area contributed by atoms with Crippen LogP contribution in [0, 0.1) is 0 Å². The minimum Gasteiger partial charge on any atom is -0.476 e. The largest absolute Gasteiger partial charge is 0.476 e. The number of hydrogen-bond acceptors (Lipinski definition) is 5. The van der Waals surface area contributed by atoms with Gasteiger partial charge in [-0.3, -0.25) is 4.79 Å². The van der Waals surface area contributed by atoms with Gasteiger partial charge in [0.2, 0.25) is 0 Å².